The van der Waals surface area contributed by atoms with Crippen LogP contribution in [0, 0.1) is 12.7 Å². The minimum Gasteiger partial charge on any atom is -0.387 e. The highest BCUT2D eigenvalue weighted by atomic mass is 19.4. The van der Waals surface area contributed by atoms with E-state index in [-0.39, 0.29) is 31.0 Å². The monoisotopic (exact) mass is 549 g/mol. The molecule has 6 nitrogen and oxygen atoms in total. The number of hydrogen-bond donors (Lipinski definition) is 2. The number of likely N-dealkylation sites (tertiary alicyclic amines) is 1. The van der Waals surface area contributed by atoms with Gasteiger partial charge in [0.1, 0.15) is 12.4 Å². The maximum absolute atomic E-state index is 13.7. The molecule has 3 rings (SSSR count). The van der Waals surface area contributed by atoms with Crippen molar-refractivity contribution >= 4 is 11.9 Å². The molecule has 1 heterocycles. The maximum Gasteiger partial charge on any atom is 0.416 e. The van der Waals surface area contributed by atoms with E-state index >= 15 is 0 Å². The number of carbonyl (C=O) groups is 2. The molecule has 0 unspecified atom stereocenters. The highest BCUT2D eigenvalue weighted by molar-refractivity contribution is 5.77. The van der Waals surface area contributed by atoms with Gasteiger partial charge in [-0.2, -0.15) is 26.3 Å². The van der Waals surface area contributed by atoms with Crippen molar-refractivity contribution in [3.63, 3.8) is 0 Å². The molecular formula is C25H26F7N3O3. The van der Waals surface area contributed by atoms with Gasteiger partial charge in [0.05, 0.1) is 17.2 Å². The van der Waals surface area contributed by atoms with Crippen LogP contribution in [0.2, 0.25) is 0 Å². The van der Waals surface area contributed by atoms with E-state index in [9.17, 15) is 40.3 Å². The standard InChI is InChI=1S/C25H26F7N3O3/c1-14-7-18(26)3-4-20(14)21-11-19(33-22(37)13-36)5-6-35(21)23(38)34(2)12-15-8-16(24(27,28)29)10-17(9-15)25(30,31)32/h3-4,7-10,19,21,36H,5-6,11-13H2,1-2H3,(H,33,37)/t19-,21+/m0/s1. The molecule has 0 radical (unpaired) electrons. The average Bonchev–Trinajstić information content (AvgIpc) is 2.82. The number of nitrogens with zero attached hydrogens (tertiary/aromatic N) is 2. The zero-order chi connectivity index (χ0) is 28.4. The third kappa shape index (κ3) is 6.94. The lowest BCUT2D eigenvalue weighted by atomic mass is 9.89. The number of benzene rings is 2. The van der Waals surface area contributed by atoms with Crippen molar-refractivity contribution in [3.8, 4) is 0 Å². The highest BCUT2D eigenvalue weighted by Gasteiger charge is 2.38. The van der Waals surface area contributed by atoms with E-state index in [1.54, 1.807) is 6.92 Å². The van der Waals surface area contributed by atoms with Crippen LogP contribution < -0.4 is 5.32 Å². The molecule has 1 fully saturated rings. The predicted octanol–water partition coefficient (Wildman–Crippen LogP) is 5.04. The van der Waals surface area contributed by atoms with E-state index in [0.717, 1.165) is 4.90 Å². The highest BCUT2D eigenvalue weighted by Crippen LogP contribution is 2.37. The fourth-order valence-electron chi connectivity index (χ4n) is 4.58. The van der Waals surface area contributed by atoms with Crippen molar-refractivity contribution in [2.75, 3.05) is 20.2 Å². The summed E-state index contributed by atoms with van der Waals surface area (Å²) in [5, 5.41) is 11.7. The summed E-state index contributed by atoms with van der Waals surface area (Å²) >= 11 is 0. The topological polar surface area (TPSA) is 72.9 Å². The number of rotatable bonds is 5. The van der Waals surface area contributed by atoms with Crippen molar-refractivity contribution in [2.45, 2.75) is 50.7 Å². The second-order valence-corrected chi connectivity index (χ2v) is 9.21. The van der Waals surface area contributed by atoms with E-state index in [1.807, 2.05) is 0 Å². The Balaban J connectivity index is 1.90. The van der Waals surface area contributed by atoms with Gasteiger partial charge in [-0.15, -0.1) is 0 Å². The van der Waals surface area contributed by atoms with E-state index in [4.69, 9.17) is 5.11 Å². The van der Waals surface area contributed by atoms with Gasteiger partial charge in [-0.3, -0.25) is 4.79 Å². The largest absolute Gasteiger partial charge is 0.416 e. The smallest absolute Gasteiger partial charge is 0.387 e. The summed E-state index contributed by atoms with van der Waals surface area (Å²) in [5.74, 6) is -1.13. The van der Waals surface area contributed by atoms with Gasteiger partial charge in [-0.25, -0.2) is 9.18 Å². The van der Waals surface area contributed by atoms with Gasteiger partial charge < -0.3 is 20.2 Å². The zero-order valence-electron chi connectivity index (χ0n) is 20.5. The lowest BCUT2D eigenvalue weighted by molar-refractivity contribution is -0.143. The van der Waals surface area contributed by atoms with Crippen molar-refractivity contribution in [3.05, 3.63) is 70.0 Å². The molecule has 1 saturated heterocycles. The third-order valence-electron chi connectivity index (χ3n) is 6.34. The second kappa shape index (κ2) is 11.2. The number of halogens is 7. The molecule has 2 aromatic rings. The van der Waals surface area contributed by atoms with Gasteiger partial charge in [-0.05, 0) is 66.8 Å². The maximum atomic E-state index is 13.7. The van der Waals surface area contributed by atoms with E-state index in [1.165, 1.54) is 30.1 Å². The Hall–Kier alpha value is -3.35. The quantitative estimate of drug-likeness (QED) is 0.514. The summed E-state index contributed by atoms with van der Waals surface area (Å²) in [6, 6.07) is 3.31. The third-order valence-corrected chi connectivity index (χ3v) is 6.34. The number of hydrogen-bond acceptors (Lipinski definition) is 3. The van der Waals surface area contributed by atoms with Crippen LogP contribution in [0.25, 0.3) is 0 Å². The fourth-order valence-corrected chi connectivity index (χ4v) is 4.58. The Kier molecular flexibility index (Phi) is 8.59. The molecule has 0 aliphatic carbocycles. The van der Waals surface area contributed by atoms with Gasteiger partial charge in [0.25, 0.3) is 0 Å². The fraction of sp³-hybridized carbons (Fsp3) is 0.440. The number of urea groups is 1. The van der Waals surface area contributed by atoms with Crippen LogP contribution in [-0.4, -0.2) is 53.1 Å². The van der Waals surface area contributed by atoms with Gasteiger partial charge >= 0.3 is 18.4 Å². The van der Waals surface area contributed by atoms with Crippen molar-refractivity contribution < 1.29 is 45.4 Å². The summed E-state index contributed by atoms with van der Waals surface area (Å²) in [6.45, 7) is 0.431. The lowest BCUT2D eigenvalue weighted by Gasteiger charge is -2.42. The first kappa shape index (κ1) is 29.2. The number of amides is 3. The second-order valence-electron chi connectivity index (χ2n) is 9.21. The molecule has 1 aliphatic rings. The summed E-state index contributed by atoms with van der Waals surface area (Å²) in [4.78, 5) is 27.5. The first-order valence-electron chi connectivity index (χ1n) is 11.6. The molecule has 13 heteroatoms. The minimum absolute atomic E-state index is 0.0180. The van der Waals surface area contributed by atoms with E-state index in [0.29, 0.717) is 23.3 Å². The average molecular weight is 549 g/mol. The molecule has 0 saturated carbocycles. The summed E-state index contributed by atoms with van der Waals surface area (Å²) in [5.41, 5.74) is -2.25. The normalized spacial score (nSPS) is 18.3. The molecule has 0 bridgehead atoms. The SMILES string of the molecule is Cc1cc(F)ccc1[C@H]1C[C@@H](NC(=O)CO)CCN1C(=O)N(C)Cc1cc(C(F)(F)F)cc(C(F)(F)F)c1. The minimum atomic E-state index is -5.02. The Morgan fingerprint density at radius 3 is 2.18 bits per heavy atom. The molecule has 2 N–H and O–H groups in total. The Bertz CT molecular complexity index is 1150. The van der Waals surface area contributed by atoms with Crippen molar-refractivity contribution in [1.29, 1.82) is 0 Å². The zero-order valence-corrected chi connectivity index (χ0v) is 20.5. The van der Waals surface area contributed by atoms with Gasteiger partial charge in [-0.1, -0.05) is 6.07 Å². The lowest BCUT2D eigenvalue weighted by Crippen LogP contribution is -2.51. The van der Waals surface area contributed by atoms with Crippen molar-refractivity contribution in [1.82, 2.24) is 15.1 Å². The number of aliphatic hydroxyl groups excluding tert-OH is 1. The molecule has 2 atom stereocenters. The predicted molar refractivity (Wildman–Crippen MR) is 122 cm³/mol. The first-order chi connectivity index (χ1) is 17.6. The first-order valence-corrected chi connectivity index (χ1v) is 11.6. The van der Waals surface area contributed by atoms with Crippen LogP contribution in [-0.2, 0) is 23.7 Å². The molecule has 0 aromatic heterocycles. The number of aliphatic hydroxyl groups is 1. The van der Waals surface area contributed by atoms with Crippen molar-refractivity contribution in [2.24, 2.45) is 0 Å². The number of piperidine rings is 1. The number of alkyl halides is 6. The van der Waals surface area contributed by atoms with Gasteiger partial charge in [0.2, 0.25) is 5.91 Å². The molecule has 0 spiro atoms. The Morgan fingerprint density at radius 1 is 1.05 bits per heavy atom. The van der Waals surface area contributed by atoms with Crippen LogP contribution in [0.4, 0.5) is 35.5 Å². The molecule has 38 heavy (non-hydrogen) atoms. The van der Waals surface area contributed by atoms with E-state index in [2.05, 4.69) is 5.32 Å². The number of nitrogens with one attached hydrogen (secondary N) is 1. The Morgan fingerprint density at radius 2 is 1.66 bits per heavy atom. The number of aryl methyl sites for hydroxylation is 1. The molecule has 3 amide bonds. The summed E-state index contributed by atoms with van der Waals surface area (Å²) < 4.78 is 93.2. The van der Waals surface area contributed by atoms with Gasteiger partial charge in [0, 0.05) is 26.2 Å². The molecule has 208 valence electrons. The summed E-state index contributed by atoms with van der Waals surface area (Å²) in [7, 11) is 1.25. The molecule has 2 aromatic carbocycles. The van der Waals surface area contributed by atoms with E-state index < -0.39 is 66.5 Å². The molecular weight excluding hydrogens is 523 g/mol. The van der Waals surface area contributed by atoms with Crippen LogP contribution in [0.15, 0.2) is 36.4 Å². The van der Waals surface area contributed by atoms with Gasteiger partial charge in [0.15, 0.2) is 0 Å². The Labute approximate surface area is 214 Å². The number of carbonyl (C=O) groups excluding carboxylic acids is 2. The summed E-state index contributed by atoms with van der Waals surface area (Å²) in [6.07, 6.45) is -9.57. The van der Waals surface area contributed by atoms with Crippen LogP contribution in [0.1, 0.15) is 46.7 Å². The van der Waals surface area contributed by atoms with Crippen LogP contribution in [0.3, 0.4) is 0 Å². The van der Waals surface area contributed by atoms with Crippen LogP contribution >= 0.6 is 0 Å². The van der Waals surface area contributed by atoms with Crippen LogP contribution in [0.5, 0.6) is 0 Å². The molecule has 1 aliphatic heterocycles.